The summed E-state index contributed by atoms with van der Waals surface area (Å²) in [6.45, 7) is 0. The van der Waals surface area contributed by atoms with Crippen molar-refractivity contribution in [1.29, 1.82) is 5.41 Å². The molecule has 0 saturated heterocycles. The first-order chi connectivity index (χ1) is 5.77. The van der Waals surface area contributed by atoms with E-state index >= 15 is 0 Å². The predicted octanol–water partition coefficient (Wildman–Crippen LogP) is 2.03. The first kappa shape index (κ1) is 8.71. The molecule has 0 amide bonds. The summed E-state index contributed by atoms with van der Waals surface area (Å²) in [6.07, 6.45) is 1.78. The Kier molecular flexibility index (Phi) is 2.80. The minimum Gasteiger partial charge on any atom is -0.494 e. The summed E-state index contributed by atoms with van der Waals surface area (Å²) >= 11 is 0. The summed E-state index contributed by atoms with van der Waals surface area (Å²) in [5, 5.41) is 6.86. The van der Waals surface area contributed by atoms with Gasteiger partial charge in [0.25, 0.3) is 0 Å². The van der Waals surface area contributed by atoms with Crippen LogP contribution in [0.2, 0.25) is 0 Å². The van der Waals surface area contributed by atoms with Crippen molar-refractivity contribution in [3.8, 4) is 5.75 Å². The van der Waals surface area contributed by atoms with Crippen LogP contribution in [0.4, 0.5) is 4.39 Å². The van der Waals surface area contributed by atoms with Gasteiger partial charge >= 0.3 is 0 Å². The fraction of sp³-hybridized carbons (Fsp3) is 0.222. The van der Waals surface area contributed by atoms with Crippen molar-refractivity contribution in [3.05, 3.63) is 29.6 Å². The lowest BCUT2D eigenvalue weighted by atomic mass is 10.1. The molecule has 0 aliphatic heterocycles. The third-order valence-electron chi connectivity index (χ3n) is 1.55. The van der Waals surface area contributed by atoms with Crippen molar-refractivity contribution in [2.75, 3.05) is 7.11 Å². The van der Waals surface area contributed by atoms with Crippen LogP contribution >= 0.6 is 0 Å². The average molecular weight is 167 g/mol. The Hall–Kier alpha value is -1.38. The second kappa shape index (κ2) is 3.85. The number of rotatable bonds is 3. The maximum atomic E-state index is 12.8. The fourth-order valence-electron chi connectivity index (χ4n) is 0.949. The van der Waals surface area contributed by atoms with Crippen LogP contribution in [0.25, 0.3) is 0 Å². The van der Waals surface area contributed by atoms with E-state index in [-0.39, 0.29) is 11.6 Å². The van der Waals surface area contributed by atoms with E-state index in [2.05, 4.69) is 0 Å². The van der Waals surface area contributed by atoms with Crippen molar-refractivity contribution in [3.63, 3.8) is 0 Å². The molecule has 0 saturated carbocycles. The molecule has 12 heavy (non-hydrogen) atoms. The predicted molar refractivity (Wildman–Crippen MR) is 45.4 cm³/mol. The lowest BCUT2D eigenvalue weighted by molar-refractivity contribution is 0.386. The van der Waals surface area contributed by atoms with Gasteiger partial charge in [-0.25, -0.2) is 4.39 Å². The maximum Gasteiger partial charge on any atom is 0.165 e. The molecule has 1 rings (SSSR count). The molecule has 1 N–H and O–H groups in total. The lowest BCUT2D eigenvalue weighted by Gasteiger charge is -2.02. The van der Waals surface area contributed by atoms with Gasteiger partial charge in [0, 0.05) is 6.42 Å². The van der Waals surface area contributed by atoms with E-state index in [4.69, 9.17) is 10.1 Å². The van der Waals surface area contributed by atoms with Gasteiger partial charge in [-0.05, 0) is 23.9 Å². The summed E-state index contributed by atoms with van der Waals surface area (Å²) in [5.74, 6) is -0.138. The number of benzene rings is 1. The smallest absolute Gasteiger partial charge is 0.165 e. The van der Waals surface area contributed by atoms with Crippen LogP contribution in [0.15, 0.2) is 18.2 Å². The van der Waals surface area contributed by atoms with E-state index in [0.717, 1.165) is 5.56 Å². The highest BCUT2D eigenvalue weighted by molar-refractivity contribution is 5.58. The molecule has 1 aromatic carbocycles. The van der Waals surface area contributed by atoms with E-state index in [0.29, 0.717) is 6.42 Å². The van der Waals surface area contributed by atoms with Gasteiger partial charge < -0.3 is 10.1 Å². The van der Waals surface area contributed by atoms with Gasteiger partial charge in [-0.15, -0.1) is 0 Å². The van der Waals surface area contributed by atoms with Gasteiger partial charge in [-0.2, -0.15) is 0 Å². The van der Waals surface area contributed by atoms with Crippen molar-refractivity contribution in [2.24, 2.45) is 0 Å². The summed E-state index contributed by atoms with van der Waals surface area (Å²) in [4.78, 5) is 0. The van der Waals surface area contributed by atoms with E-state index in [9.17, 15) is 4.39 Å². The van der Waals surface area contributed by atoms with Gasteiger partial charge in [0.1, 0.15) is 0 Å². The van der Waals surface area contributed by atoms with Crippen LogP contribution in [-0.4, -0.2) is 13.3 Å². The molecule has 0 heterocycles. The molecule has 3 heteroatoms. The molecule has 0 spiro atoms. The van der Waals surface area contributed by atoms with Gasteiger partial charge in [-0.3, -0.25) is 0 Å². The zero-order chi connectivity index (χ0) is 8.97. The Labute approximate surface area is 70.5 Å². The fourth-order valence-corrected chi connectivity index (χ4v) is 0.949. The van der Waals surface area contributed by atoms with Crippen molar-refractivity contribution < 1.29 is 9.13 Å². The first-order valence-electron chi connectivity index (χ1n) is 3.59. The van der Waals surface area contributed by atoms with Crippen LogP contribution in [0.5, 0.6) is 5.75 Å². The number of halogens is 1. The van der Waals surface area contributed by atoms with Crippen LogP contribution < -0.4 is 4.74 Å². The summed E-state index contributed by atoms with van der Waals surface area (Å²) in [6, 6.07) is 4.58. The highest BCUT2D eigenvalue weighted by atomic mass is 19.1. The molecule has 0 aromatic heterocycles. The molecule has 0 unspecified atom stereocenters. The normalized spacial score (nSPS) is 9.50. The Morgan fingerprint density at radius 1 is 1.58 bits per heavy atom. The quantitative estimate of drug-likeness (QED) is 0.686. The van der Waals surface area contributed by atoms with E-state index in [1.165, 1.54) is 19.4 Å². The maximum absolute atomic E-state index is 12.8. The molecule has 64 valence electrons. The van der Waals surface area contributed by atoms with E-state index in [1.54, 1.807) is 12.1 Å². The number of methoxy groups -OCH3 is 1. The van der Waals surface area contributed by atoms with E-state index in [1.807, 2.05) is 0 Å². The van der Waals surface area contributed by atoms with Crippen LogP contribution in [0.1, 0.15) is 5.56 Å². The van der Waals surface area contributed by atoms with Crippen LogP contribution in [0, 0.1) is 11.2 Å². The Balaban J connectivity index is 2.96. The monoisotopic (exact) mass is 167 g/mol. The third-order valence-corrected chi connectivity index (χ3v) is 1.55. The highest BCUT2D eigenvalue weighted by Crippen LogP contribution is 2.17. The molecular formula is C9H10FNO. The minimum atomic E-state index is -0.369. The van der Waals surface area contributed by atoms with Gasteiger partial charge in [0.2, 0.25) is 0 Å². The number of hydrogen-bond donors (Lipinski definition) is 1. The number of ether oxygens (including phenoxy) is 1. The van der Waals surface area contributed by atoms with Crippen LogP contribution in [0.3, 0.4) is 0 Å². The summed E-state index contributed by atoms with van der Waals surface area (Å²) in [5.41, 5.74) is 0.878. The van der Waals surface area contributed by atoms with E-state index < -0.39 is 0 Å². The summed E-state index contributed by atoms with van der Waals surface area (Å²) < 4.78 is 17.6. The second-order valence-corrected chi connectivity index (χ2v) is 2.38. The molecule has 0 aliphatic carbocycles. The standard InChI is InChI=1S/C9H10FNO/c1-12-9-6-7(4-5-11)2-3-8(9)10/h2-3,5-6,11H,4H2,1H3. The minimum absolute atomic E-state index is 0.231. The van der Waals surface area contributed by atoms with Gasteiger partial charge in [0.05, 0.1) is 7.11 Å². The van der Waals surface area contributed by atoms with Gasteiger partial charge in [0.15, 0.2) is 11.6 Å². The third kappa shape index (κ3) is 1.81. The molecule has 2 nitrogen and oxygen atoms in total. The lowest BCUT2D eigenvalue weighted by Crippen LogP contribution is -1.91. The van der Waals surface area contributed by atoms with Crippen molar-refractivity contribution in [1.82, 2.24) is 0 Å². The zero-order valence-corrected chi connectivity index (χ0v) is 6.80. The molecule has 0 bridgehead atoms. The largest absolute Gasteiger partial charge is 0.494 e. The van der Waals surface area contributed by atoms with Crippen molar-refractivity contribution in [2.45, 2.75) is 6.42 Å². The average Bonchev–Trinajstić information content (AvgIpc) is 2.09. The highest BCUT2D eigenvalue weighted by Gasteiger charge is 2.01. The van der Waals surface area contributed by atoms with Crippen molar-refractivity contribution >= 4 is 6.21 Å². The molecular weight excluding hydrogens is 157 g/mol. The van der Waals surface area contributed by atoms with Crippen LogP contribution in [-0.2, 0) is 6.42 Å². The van der Waals surface area contributed by atoms with Gasteiger partial charge in [-0.1, -0.05) is 6.07 Å². The topological polar surface area (TPSA) is 33.1 Å². The SMILES string of the molecule is COc1cc(CC=N)ccc1F. The molecule has 0 fully saturated rings. The molecule has 0 radical (unpaired) electrons. The number of hydrogen-bond acceptors (Lipinski definition) is 2. The Morgan fingerprint density at radius 2 is 2.33 bits per heavy atom. The number of nitrogens with one attached hydrogen (secondary N) is 1. The Morgan fingerprint density at radius 3 is 2.92 bits per heavy atom. The molecule has 1 aromatic rings. The zero-order valence-electron chi connectivity index (χ0n) is 6.80. The first-order valence-corrected chi connectivity index (χ1v) is 3.59. The molecule has 0 atom stereocenters. The Bertz CT molecular complexity index is 286. The second-order valence-electron chi connectivity index (χ2n) is 2.38. The summed E-state index contributed by atoms with van der Waals surface area (Å²) in [7, 11) is 1.42. The molecule has 0 aliphatic rings.